The van der Waals surface area contributed by atoms with E-state index in [9.17, 15) is 0 Å². The van der Waals surface area contributed by atoms with E-state index in [1.807, 2.05) is 10.9 Å². The third kappa shape index (κ3) is 15.0. The Balaban J connectivity index is 1.86. The zero-order chi connectivity index (χ0) is 20.9. The monoisotopic (exact) mass is 399 g/mol. The molecule has 0 atom stereocenters. The quantitative estimate of drug-likeness (QED) is 0.421. The zero-order valence-electron chi connectivity index (χ0n) is 18.8. The Hall–Kier alpha value is -1.02. The summed E-state index contributed by atoms with van der Waals surface area (Å²) in [5, 5.41) is 8.34. The highest BCUT2D eigenvalue weighted by Gasteiger charge is 2.13. The summed E-state index contributed by atoms with van der Waals surface area (Å²) in [5.41, 5.74) is 1.56. The fourth-order valence-corrected chi connectivity index (χ4v) is 2.37. The van der Waals surface area contributed by atoms with Crippen molar-refractivity contribution in [1.29, 1.82) is 0 Å². The smallest absolute Gasteiger partial charge is 0.0832 e. The van der Waals surface area contributed by atoms with Crippen LogP contribution in [0.15, 0.2) is 6.20 Å². The normalized spacial score (nSPS) is 12.6. The van der Waals surface area contributed by atoms with Gasteiger partial charge >= 0.3 is 0 Å². The maximum atomic E-state index is 5.57. The second kappa shape index (κ2) is 13.2. The van der Waals surface area contributed by atoms with Crippen molar-refractivity contribution in [2.45, 2.75) is 60.9 Å². The van der Waals surface area contributed by atoms with Crippen LogP contribution in [0, 0.1) is 10.8 Å². The Morgan fingerprint density at radius 3 is 1.71 bits per heavy atom. The molecule has 0 aliphatic heterocycles. The van der Waals surface area contributed by atoms with Crippen LogP contribution in [0.5, 0.6) is 0 Å². The Kier molecular flexibility index (Phi) is 11.8. The lowest BCUT2D eigenvalue weighted by atomic mass is 9.91. The Morgan fingerprint density at radius 2 is 1.21 bits per heavy atom. The van der Waals surface area contributed by atoms with Crippen molar-refractivity contribution in [3.63, 3.8) is 0 Å². The molecule has 0 aromatic carbocycles. The molecule has 0 saturated carbocycles. The number of aromatic nitrogens is 3. The third-order valence-electron chi connectivity index (χ3n) is 3.87. The molecule has 1 aromatic rings. The molecule has 1 rings (SSSR count). The van der Waals surface area contributed by atoms with Crippen LogP contribution in [0.4, 0.5) is 0 Å². The summed E-state index contributed by atoms with van der Waals surface area (Å²) in [7, 11) is 0. The zero-order valence-corrected chi connectivity index (χ0v) is 18.8. The molecular formula is C21H41N3O4. The minimum absolute atomic E-state index is 0.220. The lowest BCUT2D eigenvalue weighted by Gasteiger charge is -2.17. The number of nitrogens with zero attached hydrogens (tertiary/aromatic N) is 3. The van der Waals surface area contributed by atoms with Crippen molar-refractivity contribution < 1.29 is 18.9 Å². The van der Waals surface area contributed by atoms with Gasteiger partial charge in [0.2, 0.25) is 0 Å². The van der Waals surface area contributed by atoms with Crippen LogP contribution in [-0.2, 0) is 31.9 Å². The van der Waals surface area contributed by atoms with Crippen LogP contribution in [0.1, 0.15) is 53.7 Å². The molecule has 0 aliphatic carbocycles. The fraction of sp³-hybridized carbons (Fsp3) is 0.905. The molecule has 164 valence electrons. The van der Waals surface area contributed by atoms with Gasteiger partial charge in [0.05, 0.1) is 58.5 Å². The molecular weight excluding hydrogens is 358 g/mol. The van der Waals surface area contributed by atoms with E-state index < -0.39 is 0 Å². The average molecular weight is 400 g/mol. The minimum atomic E-state index is 0.220. The molecule has 0 aliphatic rings. The highest BCUT2D eigenvalue weighted by Crippen LogP contribution is 2.18. The van der Waals surface area contributed by atoms with E-state index in [1.54, 1.807) is 0 Å². The summed E-state index contributed by atoms with van der Waals surface area (Å²) in [6, 6.07) is 0. The first-order chi connectivity index (χ1) is 13.2. The third-order valence-corrected chi connectivity index (χ3v) is 3.87. The van der Waals surface area contributed by atoms with Gasteiger partial charge in [-0.1, -0.05) is 46.8 Å². The van der Waals surface area contributed by atoms with Gasteiger partial charge in [-0.25, -0.2) is 4.68 Å². The molecule has 0 bridgehead atoms. The van der Waals surface area contributed by atoms with Gasteiger partial charge < -0.3 is 18.9 Å². The molecule has 0 saturated heterocycles. The van der Waals surface area contributed by atoms with Gasteiger partial charge in [0.25, 0.3) is 0 Å². The van der Waals surface area contributed by atoms with Crippen LogP contribution in [0.25, 0.3) is 0 Å². The van der Waals surface area contributed by atoms with Crippen molar-refractivity contribution >= 4 is 0 Å². The van der Waals surface area contributed by atoms with Gasteiger partial charge in [-0.3, -0.25) is 0 Å². The van der Waals surface area contributed by atoms with Crippen LogP contribution in [0.3, 0.4) is 0 Å². The van der Waals surface area contributed by atoms with Crippen molar-refractivity contribution in [3.05, 3.63) is 11.9 Å². The first-order valence-electron chi connectivity index (χ1n) is 10.4. The highest BCUT2D eigenvalue weighted by atomic mass is 16.6. The lowest BCUT2D eigenvalue weighted by molar-refractivity contribution is -0.00491. The standard InChI is InChI=1S/C21H41N3O4/c1-20(2,3)7-9-25-11-13-27-15-16-28-14-12-26-10-8-24-18-19(22-23-24)17-21(4,5)6/h18H,7-17H2,1-6H3. The molecule has 7 heteroatoms. The summed E-state index contributed by atoms with van der Waals surface area (Å²) in [4.78, 5) is 0. The maximum absolute atomic E-state index is 5.57. The fourth-order valence-electron chi connectivity index (χ4n) is 2.37. The van der Waals surface area contributed by atoms with Crippen LogP contribution in [-0.4, -0.2) is 67.8 Å². The highest BCUT2D eigenvalue weighted by molar-refractivity contribution is 4.95. The summed E-state index contributed by atoms with van der Waals surface area (Å²) in [6.07, 6.45) is 3.98. The van der Waals surface area contributed by atoms with Crippen molar-refractivity contribution in [3.8, 4) is 0 Å². The number of hydrogen-bond acceptors (Lipinski definition) is 6. The van der Waals surface area contributed by atoms with Crippen molar-refractivity contribution in [2.75, 3.05) is 52.9 Å². The van der Waals surface area contributed by atoms with Gasteiger partial charge in [0, 0.05) is 12.8 Å². The summed E-state index contributed by atoms with van der Waals surface area (Å²) in [5.74, 6) is 0. The lowest BCUT2D eigenvalue weighted by Crippen LogP contribution is -2.14. The summed E-state index contributed by atoms with van der Waals surface area (Å²) in [6.45, 7) is 18.9. The Morgan fingerprint density at radius 1 is 0.714 bits per heavy atom. The maximum Gasteiger partial charge on any atom is 0.0832 e. The van der Waals surface area contributed by atoms with Crippen LogP contribution in [0.2, 0.25) is 0 Å². The topological polar surface area (TPSA) is 67.6 Å². The summed E-state index contributed by atoms with van der Waals surface area (Å²) >= 11 is 0. The van der Waals surface area contributed by atoms with E-state index in [2.05, 4.69) is 51.9 Å². The molecule has 7 nitrogen and oxygen atoms in total. The van der Waals surface area contributed by atoms with Crippen LogP contribution < -0.4 is 0 Å². The number of rotatable bonds is 15. The van der Waals surface area contributed by atoms with Gasteiger partial charge in [-0.05, 0) is 23.7 Å². The van der Waals surface area contributed by atoms with E-state index in [0.717, 1.165) is 25.1 Å². The van der Waals surface area contributed by atoms with E-state index >= 15 is 0 Å². The van der Waals surface area contributed by atoms with E-state index in [1.165, 1.54) is 0 Å². The largest absolute Gasteiger partial charge is 0.379 e. The van der Waals surface area contributed by atoms with Gasteiger partial charge in [-0.15, -0.1) is 5.10 Å². The molecule has 1 aromatic heterocycles. The second-order valence-electron chi connectivity index (χ2n) is 9.47. The first kappa shape index (κ1) is 25.0. The van der Waals surface area contributed by atoms with Crippen LogP contribution >= 0.6 is 0 Å². The molecule has 0 unspecified atom stereocenters. The molecule has 0 fully saturated rings. The average Bonchev–Trinajstić information content (AvgIpc) is 2.99. The van der Waals surface area contributed by atoms with Gasteiger partial charge in [0.15, 0.2) is 0 Å². The SMILES string of the molecule is CC(C)(C)CCOCCOCCOCCOCCn1cc(CC(C)(C)C)nn1. The Labute approximate surface area is 171 Å². The molecule has 28 heavy (non-hydrogen) atoms. The van der Waals surface area contributed by atoms with Gasteiger partial charge in [-0.2, -0.15) is 0 Å². The predicted molar refractivity (Wildman–Crippen MR) is 111 cm³/mol. The van der Waals surface area contributed by atoms with E-state index in [4.69, 9.17) is 18.9 Å². The van der Waals surface area contributed by atoms with Crippen molar-refractivity contribution in [2.24, 2.45) is 10.8 Å². The van der Waals surface area contributed by atoms with E-state index in [-0.39, 0.29) is 5.41 Å². The molecule has 0 spiro atoms. The molecule has 0 amide bonds. The van der Waals surface area contributed by atoms with Crippen molar-refractivity contribution in [1.82, 2.24) is 15.0 Å². The predicted octanol–water partition coefficient (Wildman–Crippen LogP) is 3.37. The summed E-state index contributed by atoms with van der Waals surface area (Å²) < 4.78 is 23.9. The molecule has 0 N–H and O–H groups in total. The number of ether oxygens (including phenoxy) is 4. The Bertz CT molecular complexity index is 506. The first-order valence-corrected chi connectivity index (χ1v) is 10.4. The molecule has 0 radical (unpaired) electrons. The number of hydrogen-bond donors (Lipinski definition) is 0. The minimum Gasteiger partial charge on any atom is -0.379 e. The van der Waals surface area contributed by atoms with E-state index in [0.29, 0.717) is 58.2 Å². The molecule has 1 heterocycles. The second-order valence-corrected chi connectivity index (χ2v) is 9.47. The van der Waals surface area contributed by atoms with Gasteiger partial charge in [0.1, 0.15) is 0 Å².